The molecule has 2 aliphatic rings. The van der Waals surface area contributed by atoms with Crippen molar-refractivity contribution < 1.29 is 27.8 Å². The molecule has 1 aromatic carbocycles. The smallest absolute Gasteiger partial charge is 0.439 e. The average molecular weight is 411 g/mol. The van der Waals surface area contributed by atoms with Gasteiger partial charge in [-0.1, -0.05) is 29.6 Å². The Kier molecular flexibility index (Phi) is 5.11. The van der Waals surface area contributed by atoms with Crippen LogP contribution in [0.2, 0.25) is 10.0 Å². The van der Waals surface area contributed by atoms with Gasteiger partial charge in [0.25, 0.3) is 11.6 Å². The van der Waals surface area contributed by atoms with Gasteiger partial charge in [-0.3, -0.25) is 4.79 Å². The molecule has 1 aromatic rings. The topological polar surface area (TPSA) is 62.1 Å². The molecule has 26 heavy (non-hydrogen) atoms. The number of hydrogen-bond acceptors (Lipinski definition) is 4. The zero-order valence-corrected chi connectivity index (χ0v) is 14.9. The first-order valence-corrected chi connectivity index (χ1v) is 8.67. The molecule has 1 aliphatic carbocycles. The second-order valence-corrected chi connectivity index (χ2v) is 7.03. The minimum Gasteiger partial charge on any atom is -0.482 e. The number of nitrogens with zero attached hydrogens (tertiary/aromatic N) is 2. The summed E-state index contributed by atoms with van der Waals surface area (Å²) < 4.78 is 46.0. The lowest BCUT2D eigenvalue weighted by atomic mass is 9.80. The summed E-state index contributed by atoms with van der Waals surface area (Å²) in [5.41, 5.74) is -3.17. The molecule has 0 unspecified atom stereocenters. The number of benzene rings is 1. The standard InChI is InChI=1S/C16H15Cl2F3N2O3/c17-9-5-6-11(18)13(7-9)26-8-14(24)23-15(25,16(19,20)21)10-3-1-2-4-12(10)22-23/h5-7,10,25H,1-4,8H2/t10-,15-/m0/s1. The fourth-order valence-corrected chi connectivity index (χ4v) is 3.59. The molecular formula is C16H15Cl2F3N2O3. The molecule has 142 valence electrons. The number of halogens is 5. The Hall–Kier alpha value is -1.51. The molecular weight excluding hydrogens is 396 g/mol. The van der Waals surface area contributed by atoms with E-state index in [4.69, 9.17) is 27.9 Å². The van der Waals surface area contributed by atoms with Crippen LogP contribution in [0.5, 0.6) is 5.75 Å². The summed E-state index contributed by atoms with van der Waals surface area (Å²) in [4.78, 5) is 12.4. The highest BCUT2D eigenvalue weighted by molar-refractivity contribution is 6.34. The summed E-state index contributed by atoms with van der Waals surface area (Å²) in [6.45, 7) is -0.776. The van der Waals surface area contributed by atoms with E-state index in [0.29, 0.717) is 19.3 Å². The highest BCUT2D eigenvalue weighted by Gasteiger charge is 2.68. The molecule has 1 fully saturated rings. The van der Waals surface area contributed by atoms with Gasteiger partial charge >= 0.3 is 6.18 Å². The van der Waals surface area contributed by atoms with Crippen molar-refractivity contribution in [2.45, 2.75) is 37.6 Å². The van der Waals surface area contributed by atoms with Crippen LogP contribution >= 0.6 is 23.2 Å². The van der Waals surface area contributed by atoms with Gasteiger partial charge in [0.2, 0.25) is 0 Å². The maximum Gasteiger partial charge on any atom is 0.439 e. The van der Waals surface area contributed by atoms with Gasteiger partial charge in [0, 0.05) is 16.8 Å². The first-order valence-electron chi connectivity index (χ1n) is 7.92. The zero-order chi connectivity index (χ0) is 19.1. The SMILES string of the molecule is O=C(COc1cc(Cl)ccc1Cl)N1N=C2CCCC[C@@H]2[C@]1(O)C(F)(F)F. The van der Waals surface area contributed by atoms with E-state index in [2.05, 4.69) is 5.10 Å². The van der Waals surface area contributed by atoms with E-state index in [0.717, 1.165) is 0 Å². The summed E-state index contributed by atoms with van der Waals surface area (Å²) in [6.07, 6.45) is -3.43. The van der Waals surface area contributed by atoms with E-state index in [9.17, 15) is 23.1 Å². The summed E-state index contributed by atoms with van der Waals surface area (Å²) in [5.74, 6) is -2.33. The van der Waals surface area contributed by atoms with Crippen LogP contribution in [0.1, 0.15) is 25.7 Å². The second-order valence-electron chi connectivity index (χ2n) is 6.18. The lowest BCUT2D eigenvalue weighted by molar-refractivity contribution is -0.317. The van der Waals surface area contributed by atoms with E-state index in [-0.39, 0.29) is 32.9 Å². The van der Waals surface area contributed by atoms with Crippen LogP contribution in [-0.4, -0.2) is 40.2 Å². The van der Waals surface area contributed by atoms with Gasteiger partial charge in [-0.25, -0.2) is 0 Å². The molecule has 1 aliphatic heterocycles. The molecule has 0 saturated heterocycles. The van der Waals surface area contributed by atoms with E-state index in [1.54, 1.807) is 0 Å². The minimum atomic E-state index is -5.05. The molecule has 3 rings (SSSR count). The number of carbonyl (C=O) groups is 1. The molecule has 1 amide bonds. The number of carbonyl (C=O) groups excluding carboxylic acids is 1. The molecule has 0 bridgehead atoms. The lowest BCUT2D eigenvalue weighted by Gasteiger charge is -2.38. The van der Waals surface area contributed by atoms with Gasteiger partial charge < -0.3 is 9.84 Å². The molecule has 1 saturated carbocycles. The Labute approximate surface area is 157 Å². The fraction of sp³-hybridized carbons (Fsp3) is 0.500. The molecule has 2 atom stereocenters. The van der Waals surface area contributed by atoms with Crippen molar-refractivity contribution in [3.8, 4) is 5.75 Å². The third-order valence-corrected chi connectivity index (χ3v) is 5.06. The van der Waals surface area contributed by atoms with Gasteiger partial charge in [0.15, 0.2) is 6.61 Å². The summed E-state index contributed by atoms with van der Waals surface area (Å²) in [7, 11) is 0. The number of hydrogen-bond donors (Lipinski definition) is 1. The monoisotopic (exact) mass is 410 g/mol. The van der Waals surface area contributed by atoms with E-state index < -0.39 is 30.3 Å². The second kappa shape index (κ2) is 6.90. The van der Waals surface area contributed by atoms with Crippen LogP contribution in [0, 0.1) is 5.92 Å². The maximum absolute atomic E-state index is 13.6. The Morgan fingerprint density at radius 2 is 2.12 bits per heavy atom. The van der Waals surface area contributed by atoms with Crippen molar-refractivity contribution in [3.05, 3.63) is 28.2 Å². The normalized spacial score (nSPS) is 25.7. The van der Waals surface area contributed by atoms with Gasteiger partial charge in [0.1, 0.15) is 5.75 Å². The van der Waals surface area contributed by atoms with Crippen LogP contribution < -0.4 is 4.74 Å². The van der Waals surface area contributed by atoms with Crippen LogP contribution in [0.25, 0.3) is 0 Å². The zero-order valence-electron chi connectivity index (χ0n) is 13.4. The van der Waals surface area contributed by atoms with Crippen molar-refractivity contribution in [3.63, 3.8) is 0 Å². The summed E-state index contributed by atoms with van der Waals surface area (Å²) >= 11 is 11.7. The number of hydrazone groups is 1. The third kappa shape index (κ3) is 3.25. The molecule has 1 heterocycles. The quantitative estimate of drug-likeness (QED) is 0.818. The summed E-state index contributed by atoms with van der Waals surface area (Å²) in [5, 5.41) is 14.7. The van der Waals surface area contributed by atoms with Crippen LogP contribution in [0.3, 0.4) is 0 Å². The lowest BCUT2D eigenvalue weighted by Crippen LogP contribution is -2.62. The first-order chi connectivity index (χ1) is 12.1. The largest absolute Gasteiger partial charge is 0.482 e. The van der Waals surface area contributed by atoms with E-state index in [1.165, 1.54) is 18.2 Å². The predicted molar refractivity (Wildman–Crippen MR) is 89.2 cm³/mol. The van der Waals surface area contributed by atoms with Crippen LogP contribution in [-0.2, 0) is 4.79 Å². The molecule has 0 aromatic heterocycles. The highest BCUT2D eigenvalue weighted by atomic mass is 35.5. The number of alkyl halides is 3. The van der Waals surface area contributed by atoms with Crippen molar-refractivity contribution in [1.82, 2.24) is 5.01 Å². The molecule has 10 heteroatoms. The van der Waals surface area contributed by atoms with Crippen molar-refractivity contribution in [2.24, 2.45) is 11.0 Å². The Bertz CT molecular complexity index is 757. The minimum absolute atomic E-state index is 0.0485. The Morgan fingerprint density at radius 1 is 1.38 bits per heavy atom. The average Bonchev–Trinajstić information content (AvgIpc) is 2.90. The third-order valence-electron chi connectivity index (χ3n) is 4.51. The van der Waals surface area contributed by atoms with Gasteiger partial charge in [0.05, 0.1) is 10.9 Å². The van der Waals surface area contributed by atoms with Crippen molar-refractivity contribution in [1.29, 1.82) is 0 Å². The molecule has 5 nitrogen and oxygen atoms in total. The predicted octanol–water partition coefficient (Wildman–Crippen LogP) is 4.01. The van der Waals surface area contributed by atoms with Gasteiger partial charge in [-0.05, 0) is 31.4 Å². The molecule has 1 N–H and O–H groups in total. The van der Waals surface area contributed by atoms with Gasteiger partial charge in [-0.2, -0.15) is 23.3 Å². The van der Waals surface area contributed by atoms with E-state index in [1.807, 2.05) is 0 Å². The number of aliphatic hydroxyl groups is 1. The van der Waals surface area contributed by atoms with Crippen LogP contribution in [0.15, 0.2) is 23.3 Å². The van der Waals surface area contributed by atoms with E-state index >= 15 is 0 Å². The fourth-order valence-electron chi connectivity index (χ4n) is 3.25. The molecule has 0 radical (unpaired) electrons. The maximum atomic E-state index is 13.6. The molecule has 0 spiro atoms. The Morgan fingerprint density at radius 3 is 2.81 bits per heavy atom. The highest BCUT2D eigenvalue weighted by Crippen LogP contribution is 2.48. The summed E-state index contributed by atoms with van der Waals surface area (Å²) in [6, 6.07) is 4.27. The van der Waals surface area contributed by atoms with Crippen molar-refractivity contribution >= 4 is 34.8 Å². The van der Waals surface area contributed by atoms with Gasteiger partial charge in [-0.15, -0.1) is 0 Å². The van der Waals surface area contributed by atoms with Crippen LogP contribution in [0.4, 0.5) is 13.2 Å². The number of fused-ring (bicyclic) bond motifs is 1. The van der Waals surface area contributed by atoms with Crippen molar-refractivity contribution in [2.75, 3.05) is 6.61 Å². The Balaban J connectivity index is 1.82. The number of ether oxygens (including phenoxy) is 1. The number of rotatable bonds is 3. The number of amides is 1. The first kappa shape index (κ1) is 19.3.